The first-order valence-electron chi connectivity index (χ1n) is 9.06. The summed E-state index contributed by atoms with van der Waals surface area (Å²) in [6.45, 7) is 1.77. The predicted octanol–water partition coefficient (Wildman–Crippen LogP) is 3.04. The molecule has 1 amide bonds. The van der Waals surface area contributed by atoms with E-state index in [0.29, 0.717) is 16.6 Å². The minimum absolute atomic E-state index is 0.328. The summed E-state index contributed by atoms with van der Waals surface area (Å²) in [7, 11) is -3.79. The number of rotatable bonds is 3. The summed E-state index contributed by atoms with van der Waals surface area (Å²) >= 11 is 0. The fourth-order valence-corrected chi connectivity index (χ4v) is 4.18. The highest BCUT2D eigenvalue weighted by Gasteiger charge is 2.20. The maximum atomic E-state index is 14.6. The molecule has 0 aliphatic heterocycles. The minimum atomic E-state index is -3.79. The van der Waals surface area contributed by atoms with Crippen molar-refractivity contribution >= 4 is 26.8 Å². The summed E-state index contributed by atoms with van der Waals surface area (Å²) in [5, 5.41) is 5.12. The molecule has 2 aromatic carbocycles. The molecular formula is C20H20FN3O3S. The maximum absolute atomic E-state index is 14.6. The highest BCUT2D eigenvalue weighted by Crippen LogP contribution is 2.28. The molecule has 8 heteroatoms. The van der Waals surface area contributed by atoms with E-state index in [1.807, 2.05) is 6.07 Å². The van der Waals surface area contributed by atoms with Crippen LogP contribution in [0.25, 0.3) is 16.6 Å². The number of hydrogen-bond acceptors (Lipinski definition) is 4. The first-order chi connectivity index (χ1) is 13.2. The SMILES string of the molecule is Cc1nn(-c2ccc3c(c2)CCCC3)c2cc(F)c(C(=O)NS(C)(=O)=O)cc12. The number of amides is 1. The number of nitrogens with zero attached hydrogens (tertiary/aromatic N) is 2. The number of carbonyl (C=O) groups excluding carboxylic acids is 1. The molecule has 146 valence electrons. The Morgan fingerprint density at radius 1 is 1.14 bits per heavy atom. The Balaban J connectivity index is 1.82. The van der Waals surface area contributed by atoms with Gasteiger partial charge in [0.15, 0.2) is 0 Å². The monoisotopic (exact) mass is 401 g/mol. The van der Waals surface area contributed by atoms with Crippen molar-refractivity contribution in [2.24, 2.45) is 0 Å². The van der Waals surface area contributed by atoms with E-state index in [1.54, 1.807) is 16.3 Å². The Morgan fingerprint density at radius 2 is 1.86 bits per heavy atom. The van der Waals surface area contributed by atoms with Gasteiger partial charge < -0.3 is 0 Å². The van der Waals surface area contributed by atoms with Crippen LogP contribution < -0.4 is 4.72 Å². The molecule has 0 saturated heterocycles. The van der Waals surface area contributed by atoms with Gasteiger partial charge in [-0.1, -0.05) is 6.07 Å². The number of nitrogens with one attached hydrogen (secondary N) is 1. The van der Waals surface area contributed by atoms with Crippen molar-refractivity contribution in [3.63, 3.8) is 0 Å². The van der Waals surface area contributed by atoms with E-state index >= 15 is 0 Å². The zero-order valence-corrected chi connectivity index (χ0v) is 16.4. The van der Waals surface area contributed by atoms with Gasteiger partial charge >= 0.3 is 0 Å². The second-order valence-electron chi connectivity index (χ2n) is 7.21. The lowest BCUT2D eigenvalue weighted by Crippen LogP contribution is -2.30. The Morgan fingerprint density at radius 3 is 2.57 bits per heavy atom. The zero-order valence-electron chi connectivity index (χ0n) is 15.6. The quantitative estimate of drug-likeness (QED) is 0.731. The van der Waals surface area contributed by atoms with Crippen LogP contribution in [0, 0.1) is 12.7 Å². The minimum Gasteiger partial charge on any atom is -0.268 e. The topological polar surface area (TPSA) is 81.1 Å². The molecule has 6 nitrogen and oxygen atoms in total. The number of carbonyl (C=O) groups is 1. The number of fused-ring (bicyclic) bond motifs is 2. The maximum Gasteiger partial charge on any atom is 0.267 e. The molecule has 1 aliphatic carbocycles. The lowest BCUT2D eigenvalue weighted by atomic mass is 9.91. The summed E-state index contributed by atoms with van der Waals surface area (Å²) in [5.74, 6) is -1.80. The van der Waals surface area contributed by atoms with Crippen molar-refractivity contribution in [2.75, 3.05) is 6.26 Å². The van der Waals surface area contributed by atoms with Gasteiger partial charge in [0.25, 0.3) is 5.91 Å². The Kier molecular flexibility index (Phi) is 4.45. The van der Waals surface area contributed by atoms with Gasteiger partial charge in [-0.3, -0.25) is 4.79 Å². The molecule has 0 bridgehead atoms. The van der Waals surface area contributed by atoms with Crippen LogP contribution >= 0.6 is 0 Å². The van der Waals surface area contributed by atoms with Crippen molar-refractivity contribution in [2.45, 2.75) is 32.6 Å². The third-order valence-electron chi connectivity index (χ3n) is 5.05. The van der Waals surface area contributed by atoms with Crippen LogP contribution in [-0.4, -0.2) is 30.4 Å². The lowest BCUT2D eigenvalue weighted by Gasteiger charge is -2.16. The highest BCUT2D eigenvalue weighted by molar-refractivity contribution is 7.89. The van der Waals surface area contributed by atoms with Gasteiger partial charge in [-0.05, 0) is 61.9 Å². The fraction of sp³-hybridized carbons (Fsp3) is 0.300. The molecule has 0 unspecified atom stereocenters. The molecule has 28 heavy (non-hydrogen) atoms. The lowest BCUT2D eigenvalue weighted by molar-refractivity contribution is 0.0978. The fourth-order valence-electron chi connectivity index (χ4n) is 3.73. The van der Waals surface area contributed by atoms with Gasteiger partial charge in [0.1, 0.15) is 5.82 Å². The van der Waals surface area contributed by atoms with Crippen LogP contribution in [0.2, 0.25) is 0 Å². The van der Waals surface area contributed by atoms with Crippen molar-refractivity contribution in [3.05, 3.63) is 58.5 Å². The van der Waals surface area contributed by atoms with Crippen molar-refractivity contribution < 1.29 is 17.6 Å². The second kappa shape index (κ2) is 6.70. The molecule has 4 rings (SSSR count). The number of aromatic nitrogens is 2. The van der Waals surface area contributed by atoms with Crippen molar-refractivity contribution in [1.82, 2.24) is 14.5 Å². The normalized spacial score (nSPS) is 14.1. The first-order valence-corrected chi connectivity index (χ1v) is 11.0. The van der Waals surface area contributed by atoms with Crippen LogP contribution in [0.3, 0.4) is 0 Å². The average molecular weight is 401 g/mol. The third-order valence-corrected chi connectivity index (χ3v) is 5.61. The number of halogens is 1. The summed E-state index contributed by atoms with van der Waals surface area (Å²) in [4.78, 5) is 12.1. The largest absolute Gasteiger partial charge is 0.268 e. The summed E-state index contributed by atoms with van der Waals surface area (Å²) in [5.41, 5.74) is 4.30. The number of hydrogen-bond donors (Lipinski definition) is 1. The Labute approximate surface area is 162 Å². The van der Waals surface area contributed by atoms with Crippen LogP contribution in [0.1, 0.15) is 40.0 Å². The van der Waals surface area contributed by atoms with Gasteiger partial charge in [-0.25, -0.2) is 22.2 Å². The summed E-state index contributed by atoms with van der Waals surface area (Å²) in [6.07, 6.45) is 5.29. The molecule has 1 heterocycles. The Bertz CT molecular complexity index is 1220. The van der Waals surface area contributed by atoms with Crippen molar-refractivity contribution in [3.8, 4) is 5.69 Å². The smallest absolute Gasteiger partial charge is 0.267 e. The molecule has 1 aliphatic rings. The number of aryl methyl sites for hydroxylation is 3. The second-order valence-corrected chi connectivity index (χ2v) is 8.96. The molecule has 0 atom stereocenters. The van der Waals surface area contributed by atoms with Gasteiger partial charge in [-0.2, -0.15) is 5.10 Å². The predicted molar refractivity (Wildman–Crippen MR) is 105 cm³/mol. The van der Waals surface area contributed by atoms with E-state index in [1.165, 1.54) is 29.7 Å². The van der Waals surface area contributed by atoms with E-state index < -0.39 is 21.7 Å². The highest BCUT2D eigenvalue weighted by atomic mass is 32.2. The average Bonchev–Trinajstić information content (AvgIpc) is 2.95. The molecule has 1 aromatic heterocycles. The van der Waals surface area contributed by atoms with Gasteiger partial charge in [0.2, 0.25) is 10.0 Å². The van der Waals surface area contributed by atoms with Gasteiger partial charge in [0.05, 0.1) is 28.7 Å². The zero-order chi connectivity index (χ0) is 20.1. The van der Waals surface area contributed by atoms with E-state index in [-0.39, 0.29) is 5.56 Å². The van der Waals surface area contributed by atoms with Gasteiger partial charge in [-0.15, -0.1) is 0 Å². The van der Waals surface area contributed by atoms with Crippen molar-refractivity contribution in [1.29, 1.82) is 0 Å². The van der Waals surface area contributed by atoms with E-state index in [4.69, 9.17) is 0 Å². The number of sulfonamides is 1. The molecule has 0 radical (unpaired) electrons. The summed E-state index contributed by atoms with van der Waals surface area (Å²) in [6, 6.07) is 8.73. The number of benzene rings is 2. The Hall–Kier alpha value is -2.74. The molecule has 1 N–H and O–H groups in total. The van der Waals surface area contributed by atoms with Gasteiger partial charge in [0, 0.05) is 11.5 Å². The van der Waals surface area contributed by atoms with Crippen LogP contribution in [0.5, 0.6) is 0 Å². The first kappa shape index (κ1) is 18.6. The molecule has 3 aromatic rings. The van der Waals surface area contributed by atoms with E-state index in [9.17, 15) is 17.6 Å². The van der Waals surface area contributed by atoms with Crippen LogP contribution in [0.15, 0.2) is 30.3 Å². The molecular weight excluding hydrogens is 381 g/mol. The summed E-state index contributed by atoms with van der Waals surface area (Å²) < 4.78 is 40.7. The molecule has 0 fully saturated rings. The van der Waals surface area contributed by atoms with Crippen LogP contribution in [0.4, 0.5) is 4.39 Å². The molecule has 0 spiro atoms. The third kappa shape index (κ3) is 3.40. The molecule has 0 saturated carbocycles. The van der Waals surface area contributed by atoms with E-state index in [0.717, 1.165) is 31.2 Å². The van der Waals surface area contributed by atoms with Crippen LogP contribution in [-0.2, 0) is 22.9 Å². The van der Waals surface area contributed by atoms with E-state index in [2.05, 4.69) is 17.2 Å². The standard InChI is InChI=1S/C20H20FN3O3S/c1-12-16-10-17(20(25)23-28(2,26)27)18(21)11-19(16)24(22-12)15-8-7-13-5-3-4-6-14(13)9-15/h7-11H,3-6H2,1-2H3,(H,23,25).